The first-order valence-corrected chi connectivity index (χ1v) is 4.71. The number of hydrogen-bond acceptors (Lipinski definition) is 2. The Morgan fingerprint density at radius 3 is 2.46 bits per heavy atom. The van der Waals surface area contributed by atoms with Crippen LogP contribution in [0.3, 0.4) is 0 Å². The van der Waals surface area contributed by atoms with Crippen LogP contribution >= 0.6 is 15.9 Å². The van der Waals surface area contributed by atoms with Crippen molar-refractivity contribution in [2.45, 2.75) is 11.8 Å². The normalized spacial score (nSPS) is 12.2. The molecule has 0 saturated carbocycles. The molecule has 0 saturated heterocycles. The molecular formula is C9H10BrNO2. The third kappa shape index (κ3) is 2.54. The lowest BCUT2D eigenvalue weighted by molar-refractivity contribution is -0.128. The van der Waals surface area contributed by atoms with E-state index in [2.05, 4.69) is 15.9 Å². The number of carbonyl (C=O) groups excluding carboxylic acids is 1. The lowest BCUT2D eigenvalue weighted by Crippen LogP contribution is -2.22. The summed E-state index contributed by atoms with van der Waals surface area (Å²) in [5, 5.41) is 8.39. The van der Waals surface area contributed by atoms with E-state index >= 15 is 0 Å². The van der Waals surface area contributed by atoms with E-state index in [1.165, 1.54) is 0 Å². The number of rotatable bonds is 2. The molecule has 0 fully saturated rings. The Morgan fingerprint density at radius 2 is 2.00 bits per heavy atom. The van der Waals surface area contributed by atoms with E-state index < -0.39 is 10.7 Å². The molecule has 1 aromatic carbocycles. The summed E-state index contributed by atoms with van der Waals surface area (Å²) in [7, 11) is 0. The van der Waals surface area contributed by atoms with Gasteiger partial charge in [0, 0.05) is 0 Å². The van der Waals surface area contributed by atoms with Crippen LogP contribution in [0.5, 0.6) is 0 Å². The number of hydroxylamine groups is 1. The minimum Gasteiger partial charge on any atom is -0.289 e. The first kappa shape index (κ1) is 10.2. The van der Waals surface area contributed by atoms with Crippen LogP contribution in [0.2, 0.25) is 0 Å². The van der Waals surface area contributed by atoms with Crippen molar-refractivity contribution in [2.24, 2.45) is 0 Å². The van der Waals surface area contributed by atoms with Gasteiger partial charge < -0.3 is 0 Å². The van der Waals surface area contributed by atoms with Gasteiger partial charge in [-0.25, -0.2) is 5.48 Å². The van der Waals surface area contributed by atoms with Gasteiger partial charge in [0.2, 0.25) is 0 Å². The second-order valence-electron chi connectivity index (χ2n) is 2.75. The van der Waals surface area contributed by atoms with Crippen molar-refractivity contribution >= 4 is 21.8 Å². The molecule has 3 nitrogen and oxygen atoms in total. The second-order valence-corrected chi connectivity index (χ2v) is 3.66. The van der Waals surface area contributed by atoms with Crippen molar-refractivity contribution in [3.8, 4) is 0 Å². The predicted octanol–water partition coefficient (Wildman–Crippen LogP) is 1.94. The summed E-state index contributed by atoms with van der Waals surface area (Å²) in [6, 6.07) is 7.50. The van der Waals surface area contributed by atoms with Gasteiger partial charge in [-0.1, -0.05) is 45.8 Å². The zero-order chi connectivity index (χ0) is 9.84. The molecule has 1 atom stereocenters. The number of nitrogens with one attached hydrogen (secondary N) is 1. The van der Waals surface area contributed by atoms with Crippen LogP contribution in [-0.4, -0.2) is 11.1 Å². The zero-order valence-electron chi connectivity index (χ0n) is 7.12. The lowest BCUT2D eigenvalue weighted by atomic mass is 10.1. The fourth-order valence-electron chi connectivity index (χ4n) is 0.943. The summed E-state index contributed by atoms with van der Waals surface area (Å²) in [5.41, 5.74) is 3.54. The SMILES string of the molecule is Cc1ccc(C(Br)C(=O)NO)cc1. The quantitative estimate of drug-likeness (QED) is 0.474. The largest absolute Gasteiger partial charge is 0.289 e. The van der Waals surface area contributed by atoms with E-state index in [4.69, 9.17) is 5.21 Å². The molecular weight excluding hydrogens is 234 g/mol. The maximum atomic E-state index is 11.0. The molecule has 0 aliphatic carbocycles. The van der Waals surface area contributed by atoms with Crippen molar-refractivity contribution < 1.29 is 10.0 Å². The second kappa shape index (κ2) is 4.39. The molecule has 0 aromatic heterocycles. The van der Waals surface area contributed by atoms with E-state index in [9.17, 15) is 4.79 Å². The fraction of sp³-hybridized carbons (Fsp3) is 0.222. The fourth-order valence-corrected chi connectivity index (χ4v) is 1.35. The molecule has 4 heteroatoms. The highest BCUT2D eigenvalue weighted by Crippen LogP contribution is 2.22. The molecule has 0 aliphatic heterocycles. The van der Waals surface area contributed by atoms with Crippen molar-refractivity contribution in [1.82, 2.24) is 5.48 Å². The van der Waals surface area contributed by atoms with Gasteiger partial charge in [-0.3, -0.25) is 10.0 Å². The van der Waals surface area contributed by atoms with E-state index in [0.29, 0.717) is 0 Å². The molecule has 1 unspecified atom stereocenters. The highest BCUT2D eigenvalue weighted by molar-refractivity contribution is 9.09. The van der Waals surface area contributed by atoms with E-state index in [1.54, 1.807) is 5.48 Å². The molecule has 70 valence electrons. The Balaban J connectivity index is 2.83. The summed E-state index contributed by atoms with van der Waals surface area (Å²) in [4.78, 5) is 10.5. The van der Waals surface area contributed by atoms with E-state index in [0.717, 1.165) is 11.1 Å². The molecule has 0 spiro atoms. The van der Waals surface area contributed by atoms with Gasteiger partial charge in [-0.05, 0) is 12.5 Å². The highest BCUT2D eigenvalue weighted by atomic mass is 79.9. The summed E-state index contributed by atoms with van der Waals surface area (Å²) in [6.07, 6.45) is 0. The number of amides is 1. The summed E-state index contributed by atoms with van der Waals surface area (Å²) in [6.45, 7) is 1.97. The van der Waals surface area contributed by atoms with E-state index in [-0.39, 0.29) is 0 Å². The molecule has 2 N–H and O–H groups in total. The third-order valence-corrected chi connectivity index (χ3v) is 2.65. The monoisotopic (exact) mass is 243 g/mol. The molecule has 1 amide bonds. The van der Waals surface area contributed by atoms with Crippen LogP contribution in [0.15, 0.2) is 24.3 Å². The van der Waals surface area contributed by atoms with Gasteiger partial charge in [-0.15, -0.1) is 0 Å². The standard InChI is InChI=1S/C9H10BrNO2/c1-6-2-4-7(5-3-6)8(10)9(12)11-13/h2-5,8,13H,1H3,(H,11,12). The van der Waals surface area contributed by atoms with Crippen molar-refractivity contribution in [2.75, 3.05) is 0 Å². The van der Waals surface area contributed by atoms with E-state index in [1.807, 2.05) is 31.2 Å². The predicted molar refractivity (Wildman–Crippen MR) is 52.8 cm³/mol. The summed E-state index contributed by atoms with van der Waals surface area (Å²) < 4.78 is 0. The van der Waals surface area contributed by atoms with Crippen LogP contribution in [0.1, 0.15) is 16.0 Å². The Labute approximate surface area is 84.9 Å². The number of carbonyl (C=O) groups is 1. The number of benzene rings is 1. The van der Waals surface area contributed by atoms with Crippen LogP contribution in [0.25, 0.3) is 0 Å². The summed E-state index contributed by atoms with van der Waals surface area (Å²) in [5.74, 6) is -0.469. The minimum absolute atomic E-state index is 0.469. The van der Waals surface area contributed by atoms with Crippen LogP contribution < -0.4 is 5.48 Å². The topological polar surface area (TPSA) is 49.3 Å². The average Bonchev–Trinajstić information content (AvgIpc) is 2.17. The number of halogens is 1. The van der Waals surface area contributed by atoms with Crippen LogP contribution in [0.4, 0.5) is 0 Å². The minimum atomic E-state index is -0.502. The van der Waals surface area contributed by atoms with Gasteiger partial charge >= 0.3 is 0 Å². The van der Waals surface area contributed by atoms with Gasteiger partial charge in [0.25, 0.3) is 5.91 Å². The van der Waals surface area contributed by atoms with Crippen LogP contribution in [-0.2, 0) is 4.79 Å². The first-order valence-electron chi connectivity index (χ1n) is 3.79. The maximum Gasteiger partial charge on any atom is 0.261 e. The maximum absolute atomic E-state index is 11.0. The molecule has 1 aromatic rings. The summed E-state index contributed by atoms with van der Waals surface area (Å²) >= 11 is 3.16. The molecule has 0 radical (unpaired) electrons. The Kier molecular flexibility index (Phi) is 3.45. The van der Waals surface area contributed by atoms with Gasteiger partial charge in [-0.2, -0.15) is 0 Å². The van der Waals surface area contributed by atoms with Crippen molar-refractivity contribution in [3.63, 3.8) is 0 Å². The number of alkyl halides is 1. The van der Waals surface area contributed by atoms with Crippen molar-refractivity contribution in [3.05, 3.63) is 35.4 Å². The Hall–Kier alpha value is -0.870. The molecule has 1 rings (SSSR count). The molecule has 13 heavy (non-hydrogen) atoms. The third-order valence-electron chi connectivity index (χ3n) is 1.71. The molecule has 0 bridgehead atoms. The van der Waals surface area contributed by atoms with Gasteiger partial charge in [0.15, 0.2) is 0 Å². The van der Waals surface area contributed by atoms with Crippen molar-refractivity contribution in [1.29, 1.82) is 0 Å². The van der Waals surface area contributed by atoms with Gasteiger partial charge in [0.05, 0.1) is 0 Å². The lowest BCUT2D eigenvalue weighted by Gasteiger charge is -2.07. The molecule has 0 heterocycles. The highest BCUT2D eigenvalue weighted by Gasteiger charge is 2.15. The first-order chi connectivity index (χ1) is 6.15. The van der Waals surface area contributed by atoms with Crippen LogP contribution in [0, 0.1) is 6.92 Å². The zero-order valence-corrected chi connectivity index (χ0v) is 8.71. The number of aryl methyl sites for hydroxylation is 1. The Bertz CT molecular complexity index is 297. The smallest absolute Gasteiger partial charge is 0.261 e. The average molecular weight is 244 g/mol. The molecule has 0 aliphatic rings. The number of hydrogen-bond donors (Lipinski definition) is 2. The Morgan fingerprint density at radius 1 is 1.46 bits per heavy atom. The van der Waals surface area contributed by atoms with Gasteiger partial charge in [0.1, 0.15) is 4.83 Å².